The minimum absolute atomic E-state index is 0.0109. The Bertz CT molecular complexity index is 1410. The molecule has 0 unspecified atom stereocenters. The van der Waals surface area contributed by atoms with E-state index in [0.29, 0.717) is 0 Å². The summed E-state index contributed by atoms with van der Waals surface area (Å²) in [5.74, 6) is 1.00. The lowest BCUT2D eigenvalue weighted by molar-refractivity contribution is 0.0940. The van der Waals surface area contributed by atoms with Gasteiger partial charge in [0.05, 0.1) is 5.54 Å². The molecule has 1 saturated heterocycles. The van der Waals surface area contributed by atoms with Gasteiger partial charge in [0.2, 0.25) is 0 Å². The molecule has 7 nitrogen and oxygen atoms in total. The molecule has 0 bridgehead atoms. The highest BCUT2D eigenvalue weighted by atomic mass is 16.2. The van der Waals surface area contributed by atoms with Crippen LogP contribution in [0.3, 0.4) is 0 Å². The van der Waals surface area contributed by atoms with Crippen molar-refractivity contribution >= 4 is 22.8 Å². The Morgan fingerprint density at radius 2 is 1.74 bits per heavy atom. The number of carbonyl (C=O) groups is 1. The van der Waals surface area contributed by atoms with E-state index < -0.39 is 0 Å². The number of nitrogens with zero attached hydrogens (tertiary/aromatic N) is 4. The molecule has 1 aromatic carbocycles. The average molecular weight is 453 g/mol. The number of H-pyrrole nitrogens is 1. The van der Waals surface area contributed by atoms with Crippen LogP contribution in [0.1, 0.15) is 29.8 Å². The zero-order valence-electron chi connectivity index (χ0n) is 19.7. The van der Waals surface area contributed by atoms with Crippen LogP contribution in [0.25, 0.3) is 33.3 Å². The van der Waals surface area contributed by atoms with Gasteiger partial charge in [0.25, 0.3) is 5.91 Å². The number of nitrogens with one attached hydrogen (secondary N) is 2. The lowest BCUT2D eigenvalue weighted by Gasteiger charge is -2.33. The Balaban J connectivity index is 1.38. The van der Waals surface area contributed by atoms with Gasteiger partial charge in [-0.25, -0.2) is 9.97 Å². The first-order chi connectivity index (χ1) is 16.4. The number of carbonyl (C=O) groups excluding carboxylic acids is 1. The third-order valence-electron chi connectivity index (χ3n) is 7.11. The SMILES string of the molecule is CN1CCN(c2cc(-c3cnc4[nH]cc(-c5ccc6c(c5)C(C)(C)NC6=O)c4c3)ccn2)CC1. The van der Waals surface area contributed by atoms with Crippen molar-refractivity contribution in [3.8, 4) is 22.3 Å². The molecule has 2 aliphatic rings. The minimum Gasteiger partial charge on any atom is -0.354 e. The van der Waals surface area contributed by atoms with Crippen molar-refractivity contribution in [3.63, 3.8) is 0 Å². The number of aromatic amines is 1. The number of rotatable bonds is 3. The first-order valence-corrected chi connectivity index (χ1v) is 11.7. The Morgan fingerprint density at radius 1 is 0.912 bits per heavy atom. The van der Waals surface area contributed by atoms with E-state index in [9.17, 15) is 4.79 Å². The maximum absolute atomic E-state index is 12.3. The number of benzene rings is 1. The zero-order valence-corrected chi connectivity index (χ0v) is 19.7. The average Bonchev–Trinajstić information content (AvgIpc) is 3.36. The number of hydrogen-bond acceptors (Lipinski definition) is 5. The number of fused-ring (bicyclic) bond motifs is 2. The molecule has 34 heavy (non-hydrogen) atoms. The molecule has 0 aliphatic carbocycles. The second-order valence-electron chi connectivity index (χ2n) is 9.86. The topological polar surface area (TPSA) is 77.1 Å². The van der Waals surface area contributed by atoms with Crippen LogP contribution in [-0.2, 0) is 5.54 Å². The maximum atomic E-state index is 12.3. The Kier molecular flexibility index (Phi) is 4.71. The van der Waals surface area contributed by atoms with Gasteiger partial charge in [-0.05, 0) is 67.9 Å². The van der Waals surface area contributed by atoms with Crippen molar-refractivity contribution in [2.75, 3.05) is 38.1 Å². The Labute approximate surface area is 198 Å². The second-order valence-corrected chi connectivity index (χ2v) is 9.86. The molecule has 0 atom stereocenters. The second kappa shape index (κ2) is 7.67. The predicted octanol–water partition coefficient (Wildman–Crippen LogP) is 4.02. The van der Waals surface area contributed by atoms with Gasteiger partial charge in [-0.1, -0.05) is 6.07 Å². The summed E-state index contributed by atoms with van der Waals surface area (Å²) >= 11 is 0. The van der Waals surface area contributed by atoms with Crippen molar-refractivity contribution in [2.45, 2.75) is 19.4 Å². The van der Waals surface area contributed by atoms with Crippen molar-refractivity contribution in [3.05, 3.63) is 66.1 Å². The minimum atomic E-state index is -0.380. The van der Waals surface area contributed by atoms with Gasteiger partial charge in [-0.3, -0.25) is 4.79 Å². The summed E-state index contributed by atoms with van der Waals surface area (Å²) in [5.41, 5.74) is 6.56. The molecule has 0 saturated carbocycles. The van der Waals surface area contributed by atoms with Crippen LogP contribution < -0.4 is 10.2 Å². The molecule has 2 N–H and O–H groups in total. The molecule has 1 fully saturated rings. The molecule has 2 aliphatic heterocycles. The van der Waals surface area contributed by atoms with E-state index in [2.05, 4.69) is 50.3 Å². The highest BCUT2D eigenvalue weighted by Gasteiger charge is 2.35. The van der Waals surface area contributed by atoms with Crippen LogP contribution in [0.5, 0.6) is 0 Å². The number of likely N-dealkylation sites (N-methyl/N-ethyl adjacent to an activating group) is 1. The molecule has 5 heterocycles. The highest BCUT2D eigenvalue weighted by molar-refractivity contribution is 6.02. The van der Waals surface area contributed by atoms with E-state index in [1.165, 1.54) is 0 Å². The van der Waals surface area contributed by atoms with Crippen LogP contribution >= 0.6 is 0 Å². The molecule has 4 aromatic rings. The third-order valence-corrected chi connectivity index (χ3v) is 7.11. The van der Waals surface area contributed by atoms with Crippen LogP contribution in [0.4, 0.5) is 5.82 Å². The van der Waals surface area contributed by atoms with E-state index >= 15 is 0 Å². The quantitative estimate of drug-likeness (QED) is 0.491. The van der Waals surface area contributed by atoms with E-state index in [4.69, 9.17) is 4.98 Å². The van der Waals surface area contributed by atoms with Gasteiger partial charge in [0.1, 0.15) is 11.5 Å². The van der Waals surface area contributed by atoms with Crippen LogP contribution in [0.2, 0.25) is 0 Å². The van der Waals surface area contributed by atoms with Gasteiger partial charge in [-0.15, -0.1) is 0 Å². The van der Waals surface area contributed by atoms with Gasteiger partial charge in [0, 0.05) is 66.8 Å². The van der Waals surface area contributed by atoms with E-state index in [1.54, 1.807) is 0 Å². The standard InChI is InChI=1S/C27H28N6O/c1-27(2)23-13-18(4-5-20(23)26(34)31-27)22-16-30-25-21(22)12-19(15-29-25)17-6-7-28-24(14-17)33-10-8-32(3)9-11-33/h4-7,12-16H,8-11H2,1-3H3,(H,29,30)(H,31,34). The summed E-state index contributed by atoms with van der Waals surface area (Å²) in [7, 11) is 2.16. The van der Waals surface area contributed by atoms with Gasteiger partial charge < -0.3 is 20.1 Å². The Morgan fingerprint density at radius 3 is 2.56 bits per heavy atom. The van der Waals surface area contributed by atoms with E-state index in [0.717, 1.165) is 76.4 Å². The molecule has 1 amide bonds. The molecule has 6 rings (SSSR count). The summed E-state index contributed by atoms with van der Waals surface area (Å²) in [6.45, 7) is 8.14. The summed E-state index contributed by atoms with van der Waals surface area (Å²) < 4.78 is 0. The predicted molar refractivity (Wildman–Crippen MR) is 135 cm³/mol. The summed E-state index contributed by atoms with van der Waals surface area (Å²) in [4.78, 5) is 29.7. The first kappa shape index (κ1) is 20.9. The van der Waals surface area contributed by atoms with Gasteiger partial charge in [-0.2, -0.15) is 0 Å². The number of piperazine rings is 1. The van der Waals surface area contributed by atoms with Crippen molar-refractivity contribution in [2.24, 2.45) is 0 Å². The van der Waals surface area contributed by atoms with E-state index in [-0.39, 0.29) is 11.4 Å². The molecule has 172 valence electrons. The number of hydrogen-bond donors (Lipinski definition) is 2. The summed E-state index contributed by atoms with van der Waals surface area (Å²) in [6.07, 6.45) is 5.81. The number of aromatic nitrogens is 3. The molecule has 7 heteroatoms. The monoisotopic (exact) mass is 452 g/mol. The molecule has 0 spiro atoms. The number of anilines is 1. The number of amides is 1. The molecular weight excluding hydrogens is 424 g/mol. The molecule has 3 aromatic heterocycles. The normalized spacial score (nSPS) is 17.7. The van der Waals surface area contributed by atoms with Crippen LogP contribution in [-0.4, -0.2) is 59.0 Å². The fraction of sp³-hybridized carbons (Fsp3) is 0.296. The van der Waals surface area contributed by atoms with Crippen molar-refractivity contribution in [1.29, 1.82) is 0 Å². The smallest absolute Gasteiger partial charge is 0.252 e. The fourth-order valence-corrected chi connectivity index (χ4v) is 5.05. The Hall–Kier alpha value is -3.71. The fourth-order valence-electron chi connectivity index (χ4n) is 5.05. The van der Waals surface area contributed by atoms with Gasteiger partial charge >= 0.3 is 0 Å². The highest BCUT2D eigenvalue weighted by Crippen LogP contribution is 2.37. The first-order valence-electron chi connectivity index (χ1n) is 11.7. The van der Waals surface area contributed by atoms with Crippen LogP contribution in [0, 0.1) is 0 Å². The molecular formula is C27H28N6O. The summed E-state index contributed by atoms with van der Waals surface area (Å²) in [6, 6.07) is 12.5. The van der Waals surface area contributed by atoms with Crippen LogP contribution in [0.15, 0.2) is 55.0 Å². The maximum Gasteiger partial charge on any atom is 0.252 e. The molecule has 0 radical (unpaired) electrons. The largest absolute Gasteiger partial charge is 0.354 e. The summed E-state index contributed by atoms with van der Waals surface area (Å²) in [5, 5.41) is 4.12. The third kappa shape index (κ3) is 3.44. The lowest BCUT2D eigenvalue weighted by atomic mass is 9.91. The van der Waals surface area contributed by atoms with E-state index in [1.807, 2.05) is 50.6 Å². The number of pyridine rings is 2. The van der Waals surface area contributed by atoms with Gasteiger partial charge in [0.15, 0.2) is 0 Å². The van der Waals surface area contributed by atoms with Crippen molar-refractivity contribution < 1.29 is 4.79 Å². The van der Waals surface area contributed by atoms with Crippen molar-refractivity contribution in [1.82, 2.24) is 25.2 Å². The zero-order chi connectivity index (χ0) is 23.4. The lowest BCUT2D eigenvalue weighted by Crippen LogP contribution is -2.44.